The first kappa shape index (κ1) is 20.3. The smallest absolute Gasteiger partial charge is 0.352 e. The van der Waals surface area contributed by atoms with Crippen LogP contribution in [0.3, 0.4) is 0 Å². The monoisotopic (exact) mass is 407 g/mol. The molecule has 2 heterocycles. The van der Waals surface area contributed by atoms with Gasteiger partial charge in [-0.2, -0.15) is 30.2 Å². The van der Waals surface area contributed by atoms with Crippen molar-refractivity contribution >= 4 is 16.0 Å². The third kappa shape index (κ3) is 4.52. The summed E-state index contributed by atoms with van der Waals surface area (Å²) in [5, 5.41) is 6.87. The van der Waals surface area contributed by atoms with Gasteiger partial charge in [-0.3, -0.25) is 0 Å². The number of anilines is 1. The number of rotatable bonds is 4. The van der Waals surface area contributed by atoms with Crippen LogP contribution in [-0.4, -0.2) is 66.5 Å². The second kappa shape index (κ2) is 7.88. The first-order chi connectivity index (χ1) is 12.7. The first-order valence-electron chi connectivity index (χ1n) is 9.08. The molecule has 2 fully saturated rings. The quantitative estimate of drug-likeness (QED) is 0.765. The lowest BCUT2D eigenvalue weighted by molar-refractivity contribution is -0.141. The lowest BCUT2D eigenvalue weighted by Crippen LogP contribution is -2.54. The van der Waals surface area contributed by atoms with Gasteiger partial charge in [0.25, 0.3) is 10.2 Å². The fourth-order valence-electron chi connectivity index (χ4n) is 3.61. The molecular formula is C16H24F3N5O2S. The SMILES string of the molecule is CN(C1CCCCC1)S(=O)(=O)N1CCN(c2ccc(C(F)(F)F)nn2)CC1. The highest BCUT2D eigenvalue weighted by Crippen LogP contribution is 2.28. The van der Waals surface area contributed by atoms with Gasteiger partial charge in [-0.05, 0) is 25.0 Å². The van der Waals surface area contributed by atoms with Crippen LogP contribution in [-0.2, 0) is 16.4 Å². The molecule has 3 rings (SSSR count). The van der Waals surface area contributed by atoms with Gasteiger partial charge < -0.3 is 4.90 Å². The Morgan fingerprint density at radius 2 is 1.67 bits per heavy atom. The predicted octanol–water partition coefficient (Wildman–Crippen LogP) is 2.13. The van der Waals surface area contributed by atoms with E-state index < -0.39 is 22.1 Å². The van der Waals surface area contributed by atoms with Crippen LogP contribution in [0.1, 0.15) is 37.8 Å². The van der Waals surface area contributed by atoms with Crippen molar-refractivity contribution in [2.75, 3.05) is 38.1 Å². The second-order valence-electron chi connectivity index (χ2n) is 6.98. The summed E-state index contributed by atoms with van der Waals surface area (Å²) in [6, 6.07) is 2.21. The standard InChI is InChI=1S/C16H24F3N5O2S/c1-22(13-5-3-2-4-6-13)27(25,26)24-11-9-23(10-12-24)15-8-7-14(20-21-15)16(17,18)19/h7-8,13H,2-6,9-12H2,1H3. The van der Waals surface area contributed by atoms with E-state index >= 15 is 0 Å². The Kier molecular flexibility index (Phi) is 5.92. The van der Waals surface area contributed by atoms with E-state index in [-0.39, 0.29) is 19.1 Å². The van der Waals surface area contributed by atoms with Gasteiger partial charge in [0, 0.05) is 39.3 Å². The lowest BCUT2D eigenvalue weighted by atomic mass is 9.96. The number of nitrogens with zero attached hydrogens (tertiary/aromatic N) is 5. The first-order valence-corrected chi connectivity index (χ1v) is 10.5. The average molecular weight is 407 g/mol. The zero-order valence-corrected chi connectivity index (χ0v) is 16.0. The van der Waals surface area contributed by atoms with Crippen molar-refractivity contribution in [3.05, 3.63) is 17.8 Å². The maximum Gasteiger partial charge on any atom is 0.435 e. The number of hydrogen-bond donors (Lipinski definition) is 0. The van der Waals surface area contributed by atoms with E-state index in [1.165, 1.54) is 14.7 Å². The molecule has 1 aliphatic heterocycles. The van der Waals surface area contributed by atoms with Crippen LogP contribution in [0.5, 0.6) is 0 Å². The molecule has 11 heteroatoms. The van der Waals surface area contributed by atoms with Gasteiger partial charge in [0.2, 0.25) is 0 Å². The van der Waals surface area contributed by atoms with Crippen molar-refractivity contribution in [2.45, 2.75) is 44.3 Å². The molecule has 1 aliphatic carbocycles. The van der Waals surface area contributed by atoms with Crippen LogP contribution in [0.25, 0.3) is 0 Å². The van der Waals surface area contributed by atoms with E-state index in [1.807, 2.05) is 0 Å². The Morgan fingerprint density at radius 1 is 1.04 bits per heavy atom. The molecule has 1 aromatic rings. The third-order valence-corrected chi connectivity index (χ3v) is 7.33. The van der Waals surface area contributed by atoms with Gasteiger partial charge in [0.05, 0.1) is 0 Å². The molecule has 1 saturated heterocycles. The normalized spacial score (nSPS) is 21.0. The summed E-state index contributed by atoms with van der Waals surface area (Å²) in [5.41, 5.74) is -1.04. The molecular weight excluding hydrogens is 383 g/mol. The van der Waals surface area contributed by atoms with Crippen molar-refractivity contribution in [1.29, 1.82) is 0 Å². The second-order valence-corrected chi connectivity index (χ2v) is 8.96. The molecule has 0 N–H and O–H groups in total. The number of hydrogen-bond acceptors (Lipinski definition) is 5. The van der Waals surface area contributed by atoms with E-state index in [9.17, 15) is 21.6 Å². The van der Waals surface area contributed by atoms with E-state index in [4.69, 9.17) is 0 Å². The van der Waals surface area contributed by atoms with Gasteiger partial charge in [0.15, 0.2) is 11.5 Å². The Labute approximate surface area is 157 Å². The van der Waals surface area contributed by atoms with Crippen molar-refractivity contribution < 1.29 is 21.6 Å². The molecule has 7 nitrogen and oxygen atoms in total. The van der Waals surface area contributed by atoms with Gasteiger partial charge in [-0.25, -0.2) is 0 Å². The summed E-state index contributed by atoms with van der Waals surface area (Å²) >= 11 is 0. The molecule has 0 unspecified atom stereocenters. The minimum Gasteiger partial charge on any atom is -0.352 e. The summed E-state index contributed by atoms with van der Waals surface area (Å²) in [5.74, 6) is 0.320. The highest BCUT2D eigenvalue weighted by Gasteiger charge is 2.36. The van der Waals surface area contributed by atoms with E-state index in [2.05, 4.69) is 10.2 Å². The summed E-state index contributed by atoms with van der Waals surface area (Å²) in [7, 11) is -1.90. The van der Waals surface area contributed by atoms with Crippen LogP contribution in [0, 0.1) is 0 Å². The van der Waals surface area contributed by atoms with Crippen LogP contribution in [0.4, 0.5) is 19.0 Å². The minimum atomic E-state index is -4.53. The van der Waals surface area contributed by atoms with Crippen molar-refractivity contribution in [2.24, 2.45) is 0 Å². The molecule has 152 valence electrons. The number of aromatic nitrogens is 2. The van der Waals surface area contributed by atoms with Crippen molar-refractivity contribution in [3.8, 4) is 0 Å². The maximum absolute atomic E-state index is 12.9. The fourth-order valence-corrected chi connectivity index (χ4v) is 5.18. The van der Waals surface area contributed by atoms with Crippen LogP contribution < -0.4 is 4.90 Å². The highest BCUT2D eigenvalue weighted by molar-refractivity contribution is 7.86. The minimum absolute atomic E-state index is 0.0440. The number of halogens is 3. The summed E-state index contributed by atoms with van der Waals surface area (Å²) < 4.78 is 66.4. The summed E-state index contributed by atoms with van der Waals surface area (Å²) in [4.78, 5) is 1.75. The van der Waals surface area contributed by atoms with Gasteiger partial charge in [-0.15, -0.1) is 10.2 Å². The summed E-state index contributed by atoms with van der Waals surface area (Å²) in [6.45, 7) is 1.25. The van der Waals surface area contributed by atoms with Crippen LogP contribution >= 0.6 is 0 Å². The topological polar surface area (TPSA) is 69.6 Å². The molecule has 1 saturated carbocycles. The van der Waals surface area contributed by atoms with Crippen LogP contribution in [0.15, 0.2) is 12.1 Å². The predicted molar refractivity (Wildman–Crippen MR) is 94.4 cm³/mol. The largest absolute Gasteiger partial charge is 0.435 e. The molecule has 0 aromatic carbocycles. The highest BCUT2D eigenvalue weighted by atomic mass is 32.2. The Hall–Kier alpha value is -1.46. The molecule has 0 spiro atoms. The third-order valence-electron chi connectivity index (χ3n) is 5.28. The zero-order chi connectivity index (χ0) is 19.7. The molecule has 2 aliphatic rings. The fraction of sp³-hybridized carbons (Fsp3) is 0.750. The Morgan fingerprint density at radius 3 is 2.19 bits per heavy atom. The number of alkyl halides is 3. The maximum atomic E-state index is 12.9. The van der Waals surface area contributed by atoms with Crippen molar-refractivity contribution in [1.82, 2.24) is 18.8 Å². The van der Waals surface area contributed by atoms with Crippen molar-refractivity contribution in [3.63, 3.8) is 0 Å². The summed E-state index contributed by atoms with van der Waals surface area (Å²) in [6.07, 6.45) is 0.489. The Bertz CT molecular complexity index is 727. The van der Waals surface area contributed by atoms with Gasteiger partial charge >= 0.3 is 6.18 Å². The zero-order valence-electron chi connectivity index (χ0n) is 15.2. The lowest BCUT2D eigenvalue weighted by Gasteiger charge is -2.38. The van der Waals surface area contributed by atoms with Gasteiger partial charge in [0.1, 0.15) is 0 Å². The van der Waals surface area contributed by atoms with Crippen LogP contribution in [0.2, 0.25) is 0 Å². The van der Waals surface area contributed by atoms with Gasteiger partial charge in [-0.1, -0.05) is 19.3 Å². The molecule has 0 radical (unpaired) electrons. The number of piperazine rings is 1. The molecule has 0 bridgehead atoms. The van der Waals surface area contributed by atoms with E-state index in [0.717, 1.165) is 38.2 Å². The molecule has 27 heavy (non-hydrogen) atoms. The van der Waals surface area contributed by atoms with E-state index in [1.54, 1.807) is 11.9 Å². The molecule has 1 aromatic heterocycles. The van der Waals surface area contributed by atoms with E-state index in [0.29, 0.717) is 18.9 Å². The average Bonchev–Trinajstić information content (AvgIpc) is 2.67. The molecule has 0 amide bonds. The Balaban J connectivity index is 1.61. The molecule has 0 atom stereocenters.